The van der Waals surface area contributed by atoms with Gasteiger partial charge in [0, 0.05) is 22.8 Å². The lowest BCUT2D eigenvalue weighted by atomic mass is 10.2. The Morgan fingerprint density at radius 2 is 0.977 bits per heavy atom. The van der Waals surface area contributed by atoms with E-state index in [0.29, 0.717) is 11.4 Å². The first-order chi connectivity index (χ1) is 20.1. The summed E-state index contributed by atoms with van der Waals surface area (Å²) in [4.78, 5) is 26.4. The number of pyridine rings is 4. The zero-order valence-corrected chi connectivity index (χ0v) is 26.8. The molecule has 4 heterocycles. The lowest BCUT2D eigenvalue weighted by Crippen LogP contribution is -2.09. The molecule has 11 heteroatoms. The van der Waals surface area contributed by atoms with Gasteiger partial charge < -0.3 is 10.2 Å². The lowest BCUT2D eigenvalue weighted by molar-refractivity contribution is 0.111. The predicted octanol–water partition coefficient (Wildman–Crippen LogP) is 5.52. The molecule has 43 heavy (non-hydrogen) atoms. The van der Waals surface area contributed by atoms with Gasteiger partial charge in [0.05, 0.1) is 35.5 Å². The topological polar surface area (TPSA) is 152 Å². The second kappa shape index (κ2) is 18.6. The van der Waals surface area contributed by atoms with E-state index >= 15 is 0 Å². The number of aliphatic hydroxyl groups is 2. The Balaban J connectivity index is 0.000000291. The third kappa shape index (κ3) is 16.4. The molecule has 3 atom stereocenters. The van der Waals surface area contributed by atoms with Gasteiger partial charge in [-0.1, -0.05) is 24.3 Å². The molecule has 0 aliphatic rings. The minimum absolute atomic E-state index is 0.458. The summed E-state index contributed by atoms with van der Waals surface area (Å²) in [6, 6.07) is 22.0. The fraction of sp³-hybridized carbons (Fsp3) is 0.344. The molecule has 0 saturated carbocycles. The van der Waals surface area contributed by atoms with Crippen LogP contribution in [0.2, 0.25) is 0 Å². The summed E-state index contributed by atoms with van der Waals surface area (Å²) < 4.78 is 26.5. The van der Waals surface area contributed by atoms with E-state index in [-0.39, 0.29) is 0 Å². The number of aromatic nitrogens is 4. The van der Waals surface area contributed by atoms with Gasteiger partial charge in [-0.3, -0.25) is 28.9 Å². The van der Waals surface area contributed by atoms with Gasteiger partial charge in [0.2, 0.25) is 0 Å². The molecule has 0 bridgehead atoms. The highest BCUT2D eigenvalue weighted by molar-refractivity contribution is 7.86. The van der Waals surface area contributed by atoms with Gasteiger partial charge >= 0.3 is 0 Å². The SMILES string of the molecule is Cc1cccc(C(C)O)n1.Cc1cccc(C=O)n1.Cc1cccc([C@@H](C)O)n1.Cc1cccc([C@@H](C)OS(C)(=O)=O)n1. The highest BCUT2D eigenvalue weighted by atomic mass is 32.2. The molecule has 4 aromatic heterocycles. The Morgan fingerprint density at radius 1 is 0.628 bits per heavy atom. The summed E-state index contributed by atoms with van der Waals surface area (Å²) in [5.41, 5.74) is 6.19. The van der Waals surface area contributed by atoms with Crippen molar-refractivity contribution in [2.24, 2.45) is 0 Å². The van der Waals surface area contributed by atoms with Crippen LogP contribution in [0.15, 0.2) is 72.8 Å². The van der Waals surface area contributed by atoms with Gasteiger partial charge in [0.25, 0.3) is 10.1 Å². The normalized spacial score (nSPS) is 12.5. The van der Waals surface area contributed by atoms with Crippen LogP contribution in [0.5, 0.6) is 0 Å². The number of aldehydes is 1. The fourth-order valence-electron chi connectivity index (χ4n) is 3.33. The van der Waals surface area contributed by atoms with Crippen molar-refractivity contribution in [3.8, 4) is 0 Å². The highest BCUT2D eigenvalue weighted by Crippen LogP contribution is 2.16. The monoisotopic (exact) mass is 610 g/mol. The van der Waals surface area contributed by atoms with E-state index < -0.39 is 28.4 Å². The quantitative estimate of drug-likeness (QED) is 0.211. The number of carbonyl (C=O) groups excluding carboxylic acids is 1. The van der Waals surface area contributed by atoms with E-state index in [1.807, 2.05) is 88.4 Å². The van der Waals surface area contributed by atoms with Crippen molar-refractivity contribution in [3.05, 3.63) is 118 Å². The summed E-state index contributed by atoms with van der Waals surface area (Å²) in [5, 5.41) is 18.2. The van der Waals surface area contributed by atoms with Crippen LogP contribution in [-0.4, -0.2) is 51.1 Å². The summed E-state index contributed by atoms with van der Waals surface area (Å²) in [6.45, 7) is 12.6. The van der Waals surface area contributed by atoms with Crippen LogP contribution in [-0.2, 0) is 14.3 Å². The van der Waals surface area contributed by atoms with Crippen molar-refractivity contribution in [1.82, 2.24) is 19.9 Å². The Kier molecular flexibility index (Phi) is 16.1. The molecular formula is C32H42N4O6S. The second-order valence-corrected chi connectivity index (χ2v) is 11.3. The standard InChI is InChI=1S/C9H13NO3S.2C8H11NO.C7H7NO/c1-7-5-4-6-9(10-7)8(2)13-14(3,11)12;2*1-6-4-3-5-8(9-6)7(2)10;1-6-3-2-4-7(5-9)8-6/h4-6,8H,1-3H3;2*3-5,7,10H,1-2H3;2-5H,1H3/t8-;7-;;/m11../s1. The summed E-state index contributed by atoms with van der Waals surface area (Å²) in [6.07, 6.45) is 0.316. The molecule has 0 saturated heterocycles. The number of hydrogen-bond donors (Lipinski definition) is 2. The number of carbonyl (C=O) groups is 1. The molecule has 232 valence electrons. The molecule has 0 aliphatic carbocycles. The maximum Gasteiger partial charge on any atom is 0.265 e. The van der Waals surface area contributed by atoms with Crippen LogP contribution in [0.4, 0.5) is 0 Å². The first-order valence-corrected chi connectivity index (χ1v) is 15.4. The Hall–Kier alpha value is -3.90. The first kappa shape index (κ1) is 37.1. The third-order valence-corrected chi connectivity index (χ3v) is 5.99. The van der Waals surface area contributed by atoms with Crippen LogP contribution in [0, 0.1) is 27.7 Å². The fourth-order valence-corrected chi connectivity index (χ4v) is 3.95. The van der Waals surface area contributed by atoms with Crippen LogP contribution in [0.25, 0.3) is 0 Å². The molecule has 0 amide bonds. The molecule has 0 aromatic carbocycles. The summed E-state index contributed by atoms with van der Waals surface area (Å²) in [7, 11) is -3.42. The first-order valence-electron chi connectivity index (χ1n) is 13.5. The zero-order chi connectivity index (χ0) is 32.6. The Labute approximate surface area is 255 Å². The van der Waals surface area contributed by atoms with Gasteiger partial charge in [0.1, 0.15) is 11.8 Å². The van der Waals surface area contributed by atoms with Gasteiger partial charge in [-0.05, 0) is 97.0 Å². The largest absolute Gasteiger partial charge is 0.387 e. The summed E-state index contributed by atoms with van der Waals surface area (Å²) >= 11 is 0. The number of nitrogens with zero attached hydrogens (tertiary/aromatic N) is 4. The van der Waals surface area contributed by atoms with Gasteiger partial charge in [-0.2, -0.15) is 8.42 Å². The predicted molar refractivity (Wildman–Crippen MR) is 167 cm³/mol. The smallest absolute Gasteiger partial charge is 0.265 e. The van der Waals surface area contributed by atoms with E-state index in [1.54, 1.807) is 32.9 Å². The number of rotatable bonds is 6. The molecule has 0 spiro atoms. The van der Waals surface area contributed by atoms with E-state index in [2.05, 4.69) is 19.9 Å². The van der Waals surface area contributed by atoms with Crippen molar-refractivity contribution in [1.29, 1.82) is 0 Å². The van der Waals surface area contributed by atoms with Gasteiger partial charge in [-0.15, -0.1) is 0 Å². The third-order valence-electron chi connectivity index (χ3n) is 5.35. The molecule has 10 nitrogen and oxygen atoms in total. The van der Waals surface area contributed by atoms with Gasteiger partial charge in [0.15, 0.2) is 6.29 Å². The molecule has 4 rings (SSSR count). The lowest BCUT2D eigenvalue weighted by Gasteiger charge is -2.10. The van der Waals surface area contributed by atoms with Crippen LogP contribution in [0.1, 0.15) is 89.4 Å². The van der Waals surface area contributed by atoms with Crippen LogP contribution >= 0.6 is 0 Å². The molecule has 0 aliphatic heterocycles. The highest BCUT2D eigenvalue weighted by Gasteiger charge is 2.13. The van der Waals surface area contributed by atoms with E-state index in [4.69, 9.17) is 14.4 Å². The van der Waals surface area contributed by atoms with Crippen molar-refractivity contribution >= 4 is 16.4 Å². The number of aliphatic hydroxyl groups excluding tert-OH is 2. The van der Waals surface area contributed by atoms with E-state index in [1.165, 1.54) is 0 Å². The summed E-state index contributed by atoms with van der Waals surface area (Å²) in [5.74, 6) is 0. The van der Waals surface area contributed by atoms with Gasteiger partial charge in [-0.25, -0.2) is 0 Å². The molecule has 0 fully saturated rings. The minimum atomic E-state index is -3.42. The Bertz CT molecular complexity index is 1480. The van der Waals surface area contributed by atoms with Crippen LogP contribution in [0.3, 0.4) is 0 Å². The van der Waals surface area contributed by atoms with Crippen molar-refractivity contribution in [2.45, 2.75) is 66.8 Å². The Morgan fingerprint density at radius 3 is 1.26 bits per heavy atom. The molecule has 0 radical (unpaired) electrons. The average Bonchev–Trinajstić information content (AvgIpc) is 2.93. The molecule has 2 N–H and O–H groups in total. The van der Waals surface area contributed by atoms with Crippen molar-refractivity contribution in [2.75, 3.05) is 6.26 Å². The average molecular weight is 611 g/mol. The molecule has 4 aromatic rings. The van der Waals surface area contributed by atoms with E-state index in [9.17, 15) is 13.2 Å². The number of hydrogen-bond acceptors (Lipinski definition) is 10. The van der Waals surface area contributed by atoms with Crippen LogP contribution < -0.4 is 0 Å². The molecular weight excluding hydrogens is 568 g/mol. The molecule has 1 unspecified atom stereocenters. The minimum Gasteiger partial charge on any atom is -0.387 e. The maximum absolute atomic E-state index is 10.8. The second-order valence-electron chi connectivity index (χ2n) is 9.73. The zero-order valence-electron chi connectivity index (χ0n) is 26.0. The van der Waals surface area contributed by atoms with Crippen molar-refractivity contribution in [3.63, 3.8) is 0 Å². The number of aryl methyl sites for hydroxylation is 4. The van der Waals surface area contributed by atoms with E-state index in [0.717, 1.165) is 46.7 Å². The van der Waals surface area contributed by atoms with Crippen molar-refractivity contribution < 1.29 is 27.6 Å². The maximum atomic E-state index is 10.8.